The molecule has 5 N–H and O–H groups in total. The number of unbranched alkanes of at least 4 members (excludes halogenated alkanes) is 1. The fourth-order valence-corrected chi connectivity index (χ4v) is 17.0. The Morgan fingerprint density at radius 1 is 0.528 bits per heavy atom. The molecule has 6 amide bonds. The zero-order chi connectivity index (χ0) is 62.5. The van der Waals surface area contributed by atoms with Crippen molar-refractivity contribution < 1.29 is 43.0 Å². The SMILES string of the molecule is CC(C)(C)OC(=O)Nc1ccc2c(c1)[C@@]1(C)CCC[C@](C)(C(=O)NC(=O)[C@@]3(C)CCC[C@]4(C)c5cc(NC(=O)[C@H](CCCCNC(=O)OCC6c7ccccc7-c7ccccc76)NC(=O)OCC6c7ccccc7-c7ccccc76)ccc5CC[C@@H]34)[C@@H]1CC2. The number of alkyl carbamates (subject to hydrolysis) is 2. The first-order chi connectivity index (χ1) is 42.7. The number of benzene rings is 6. The molecule has 2 fully saturated rings. The van der Waals surface area contributed by atoms with Gasteiger partial charge < -0.3 is 30.2 Å². The van der Waals surface area contributed by atoms with Crippen molar-refractivity contribution in [2.45, 2.75) is 166 Å². The van der Waals surface area contributed by atoms with Crippen LogP contribution in [0.3, 0.4) is 0 Å². The highest BCUT2D eigenvalue weighted by Crippen LogP contribution is 2.60. The predicted molar refractivity (Wildman–Crippen MR) is 346 cm³/mol. The third-order valence-corrected chi connectivity index (χ3v) is 21.4. The van der Waals surface area contributed by atoms with Gasteiger partial charge in [0.15, 0.2) is 0 Å². The third-order valence-electron chi connectivity index (χ3n) is 21.4. The normalized spacial score (nSPS) is 24.0. The molecular formula is C75H85N5O9. The van der Waals surface area contributed by atoms with Gasteiger partial charge in [0.1, 0.15) is 24.9 Å². The van der Waals surface area contributed by atoms with Crippen LogP contribution >= 0.6 is 0 Å². The summed E-state index contributed by atoms with van der Waals surface area (Å²) in [6.07, 6.45) is 7.25. The number of rotatable bonds is 15. The van der Waals surface area contributed by atoms with Gasteiger partial charge in [-0.05, 0) is 205 Å². The van der Waals surface area contributed by atoms with Gasteiger partial charge in [-0.15, -0.1) is 0 Å². The summed E-state index contributed by atoms with van der Waals surface area (Å²) in [7, 11) is 0. The van der Waals surface area contributed by atoms with Crippen molar-refractivity contribution in [1.82, 2.24) is 16.0 Å². The van der Waals surface area contributed by atoms with E-state index in [0.717, 1.165) is 113 Å². The Balaban J connectivity index is 0.712. The molecule has 14 nitrogen and oxygen atoms in total. The summed E-state index contributed by atoms with van der Waals surface area (Å²) < 4.78 is 17.4. The first kappa shape index (κ1) is 61.0. The van der Waals surface area contributed by atoms with E-state index < -0.39 is 52.1 Å². The molecule has 0 spiro atoms. The number of ether oxygens (including phenoxy) is 3. The summed E-state index contributed by atoms with van der Waals surface area (Å²) in [5.41, 5.74) is 11.7. The molecule has 6 aliphatic rings. The zero-order valence-corrected chi connectivity index (χ0v) is 52.6. The summed E-state index contributed by atoms with van der Waals surface area (Å²) in [5, 5.41) is 15.0. The topological polar surface area (TPSA) is 190 Å². The molecule has 0 heterocycles. The Hall–Kier alpha value is -8.26. The van der Waals surface area contributed by atoms with Gasteiger partial charge in [-0.1, -0.05) is 150 Å². The Morgan fingerprint density at radius 3 is 1.43 bits per heavy atom. The number of aryl methyl sites for hydroxylation is 2. The fourth-order valence-electron chi connectivity index (χ4n) is 17.0. The molecule has 0 bridgehead atoms. The highest BCUT2D eigenvalue weighted by Gasteiger charge is 2.59. The monoisotopic (exact) mass is 1200 g/mol. The van der Waals surface area contributed by atoms with Crippen LogP contribution in [0, 0.1) is 22.7 Å². The second-order valence-electron chi connectivity index (χ2n) is 28.0. The molecular weight excluding hydrogens is 1110 g/mol. The van der Waals surface area contributed by atoms with E-state index >= 15 is 9.59 Å². The molecule has 12 rings (SSSR count). The van der Waals surface area contributed by atoms with Crippen LogP contribution in [0.2, 0.25) is 0 Å². The lowest BCUT2D eigenvalue weighted by Gasteiger charge is -2.56. The Bertz CT molecular complexity index is 3670. The molecule has 0 aliphatic heterocycles. The molecule has 0 saturated heterocycles. The number of anilines is 2. The van der Waals surface area contributed by atoms with Crippen LogP contribution in [-0.2, 0) is 52.3 Å². The van der Waals surface area contributed by atoms with Crippen LogP contribution in [-0.4, -0.2) is 67.4 Å². The van der Waals surface area contributed by atoms with Gasteiger partial charge in [-0.25, -0.2) is 14.4 Å². The number of carbonyl (C=O) groups is 6. The quantitative estimate of drug-likeness (QED) is 0.0378. The standard InChI is InChI=1S/C75H85N5O9/c1-71(2,3)89-70(86)78-49-34-30-47-32-36-64-73(5,61(47)43-49)38-19-40-75(64,7)67(83)80-66(82)74(6)39-18-37-72(4)60-42-48(33-29-46(60)31-35-63(72)74)77-65(81)62(79-69(85)88-45-59-56-26-14-10-22-52(56)53-23-11-15-27-57(53)59)28-16-17-41-76-68(84)87-44-58-54-24-12-8-20-50(54)51-21-9-13-25-55(51)58/h8-15,20-27,29-30,33-34,42-43,58-59,62-64H,16-19,28,31-32,35-41,44-45H2,1-7H3,(H,76,84)(H,77,81)(H,78,86)(H,79,85)(H,80,82,83)/t62-,63+,64+,72+,73+,74-,75-/m0/s1. The smallest absolute Gasteiger partial charge is 0.412 e. The fraction of sp³-hybridized carbons (Fsp3) is 0.440. The maximum Gasteiger partial charge on any atom is 0.412 e. The number of hydrogen-bond acceptors (Lipinski definition) is 9. The first-order valence-electron chi connectivity index (χ1n) is 32.3. The van der Waals surface area contributed by atoms with Gasteiger partial charge in [0.25, 0.3) is 0 Å². The zero-order valence-electron chi connectivity index (χ0n) is 52.6. The highest BCUT2D eigenvalue weighted by molar-refractivity contribution is 6.01. The molecule has 6 aromatic rings. The molecule has 89 heavy (non-hydrogen) atoms. The second kappa shape index (κ2) is 24.3. The van der Waals surface area contributed by atoms with Crippen molar-refractivity contribution >= 4 is 47.4 Å². The van der Waals surface area contributed by atoms with Crippen molar-refractivity contribution in [2.24, 2.45) is 22.7 Å². The maximum absolute atomic E-state index is 15.1. The number of fused-ring (bicyclic) bond motifs is 12. The number of hydrogen-bond donors (Lipinski definition) is 5. The highest BCUT2D eigenvalue weighted by atomic mass is 16.6. The van der Waals surface area contributed by atoms with Crippen molar-refractivity contribution in [3.05, 3.63) is 178 Å². The molecule has 464 valence electrons. The average Bonchev–Trinajstić information content (AvgIpc) is 1.68. The molecule has 2 saturated carbocycles. The van der Waals surface area contributed by atoms with E-state index in [1.807, 2.05) is 88.4 Å². The van der Waals surface area contributed by atoms with Gasteiger partial charge in [0.05, 0.1) is 10.8 Å². The maximum atomic E-state index is 15.1. The summed E-state index contributed by atoms with van der Waals surface area (Å²) in [4.78, 5) is 84.7. The minimum absolute atomic E-state index is 0.0343. The van der Waals surface area contributed by atoms with Gasteiger partial charge in [0, 0.05) is 29.8 Å². The number of amides is 6. The molecule has 0 radical (unpaired) electrons. The summed E-state index contributed by atoms with van der Waals surface area (Å²) in [6, 6.07) is 43.8. The average molecular weight is 1200 g/mol. The van der Waals surface area contributed by atoms with E-state index in [-0.39, 0.29) is 60.5 Å². The predicted octanol–water partition coefficient (Wildman–Crippen LogP) is 15.0. The van der Waals surface area contributed by atoms with Gasteiger partial charge in [-0.3, -0.25) is 25.0 Å². The summed E-state index contributed by atoms with van der Waals surface area (Å²) in [6.45, 7) is 14.7. The van der Waals surface area contributed by atoms with Crippen LogP contribution in [0.25, 0.3) is 22.3 Å². The van der Waals surface area contributed by atoms with E-state index in [1.54, 1.807) is 0 Å². The second-order valence-corrected chi connectivity index (χ2v) is 28.0. The van der Waals surface area contributed by atoms with Gasteiger partial charge in [-0.2, -0.15) is 0 Å². The van der Waals surface area contributed by atoms with Gasteiger partial charge in [0.2, 0.25) is 17.7 Å². The van der Waals surface area contributed by atoms with Crippen molar-refractivity contribution in [3.8, 4) is 22.3 Å². The minimum Gasteiger partial charge on any atom is -0.449 e. The van der Waals surface area contributed by atoms with E-state index in [4.69, 9.17) is 14.2 Å². The van der Waals surface area contributed by atoms with Crippen molar-refractivity contribution in [1.29, 1.82) is 0 Å². The van der Waals surface area contributed by atoms with Crippen molar-refractivity contribution in [2.75, 3.05) is 30.4 Å². The molecule has 14 heteroatoms. The Morgan fingerprint density at radius 2 is 0.966 bits per heavy atom. The first-order valence-corrected chi connectivity index (χ1v) is 32.3. The van der Waals surface area contributed by atoms with Crippen LogP contribution in [0.5, 0.6) is 0 Å². The Kier molecular flexibility index (Phi) is 16.6. The minimum atomic E-state index is -0.982. The molecule has 6 aliphatic carbocycles. The lowest BCUT2D eigenvalue weighted by Crippen LogP contribution is -2.60. The van der Waals surface area contributed by atoms with Crippen LogP contribution in [0.4, 0.5) is 25.8 Å². The third kappa shape index (κ3) is 11.7. The van der Waals surface area contributed by atoms with E-state index in [9.17, 15) is 19.2 Å². The van der Waals surface area contributed by atoms with Crippen LogP contribution in [0.15, 0.2) is 133 Å². The lowest BCUT2D eigenvalue weighted by atomic mass is 9.49. The van der Waals surface area contributed by atoms with E-state index in [1.165, 1.54) is 5.56 Å². The Labute approximate surface area is 523 Å². The largest absolute Gasteiger partial charge is 0.449 e. The van der Waals surface area contributed by atoms with Crippen molar-refractivity contribution in [3.63, 3.8) is 0 Å². The van der Waals surface area contributed by atoms with Crippen LogP contribution < -0.4 is 26.6 Å². The van der Waals surface area contributed by atoms with Gasteiger partial charge >= 0.3 is 18.3 Å². The summed E-state index contributed by atoms with van der Waals surface area (Å²) in [5.74, 6) is -1.21. The lowest BCUT2D eigenvalue weighted by molar-refractivity contribution is -0.150. The molecule has 6 aromatic carbocycles. The van der Waals surface area contributed by atoms with E-state index in [2.05, 4.69) is 120 Å². The summed E-state index contributed by atoms with van der Waals surface area (Å²) >= 11 is 0. The molecule has 0 aromatic heterocycles. The van der Waals surface area contributed by atoms with E-state index in [0.29, 0.717) is 43.6 Å². The molecule has 0 unspecified atom stereocenters. The van der Waals surface area contributed by atoms with Crippen LogP contribution in [0.1, 0.15) is 175 Å². The number of imide groups is 1. The number of nitrogens with one attached hydrogen (secondary N) is 5. The molecule has 7 atom stereocenters. The number of carbonyl (C=O) groups excluding carboxylic acids is 6.